The van der Waals surface area contributed by atoms with Gasteiger partial charge in [-0.3, -0.25) is 24.2 Å². The highest BCUT2D eigenvalue weighted by atomic mass is 32.2. The van der Waals surface area contributed by atoms with Gasteiger partial charge in [-0.25, -0.2) is 0 Å². The maximum absolute atomic E-state index is 13.4. The number of nitrogens with one attached hydrogen (secondary N) is 3. The number of guanidine groups is 1. The van der Waals surface area contributed by atoms with Gasteiger partial charge in [-0.2, -0.15) is 11.8 Å². The number of aliphatic imine (C=N–C) groups is 1. The molecule has 2 aromatic rings. The first-order valence-corrected chi connectivity index (χ1v) is 15.1. The molecule has 11 N–H and O–H groups in total. The van der Waals surface area contributed by atoms with E-state index in [1.165, 1.54) is 11.8 Å². The Morgan fingerprint density at radius 2 is 1.24 bits per heavy atom. The van der Waals surface area contributed by atoms with Crippen molar-refractivity contribution in [2.75, 3.05) is 18.6 Å². The van der Waals surface area contributed by atoms with Crippen molar-refractivity contribution >= 4 is 41.4 Å². The van der Waals surface area contributed by atoms with Gasteiger partial charge >= 0.3 is 0 Å². The molecule has 0 saturated carbocycles. The Morgan fingerprint density at radius 1 is 0.738 bits per heavy atom. The number of carbonyl (C=O) groups excluding carboxylic acids is 4. The van der Waals surface area contributed by atoms with Crippen molar-refractivity contribution in [3.8, 4) is 0 Å². The molecule has 0 saturated heterocycles. The SMILES string of the molecule is CSCCC(NC(=O)[C@@H](N)Cc1ccccc1)C(=O)N[C@@H](CCCN=C(N)N)C(=O)N[C@@H](Cc1ccccc1)C(N)=O. The molecule has 0 bridgehead atoms. The van der Waals surface area contributed by atoms with Crippen LogP contribution in [0.25, 0.3) is 0 Å². The molecule has 13 heteroatoms. The predicted octanol–water partition coefficient (Wildman–Crippen LogP) is -0.454. The second-order valence-electron chi connectivity index (χ2n) is 9.80. The number of nitrogens with zero attached hydrogens (tertiary/aromatic N) is 1. The molecular formula is C29H42N8O4S. The summed E-state index contributed by atoms with van der Waals surface area (Å²) in [5.74, 6) is -1.85. The molecule has 0 aromatic heterocycles. The molecule has 1 unspecified atom stereocenters. The standard InChI is InChI=1S/C29H42N8O4S/c1-42-16-14-23(35-26(39)21(30)17-19-9-4-2-5-10-19)28(41)36-22(13-8-15-34-29(32)33)27(40)37-24(25(31)38)18-20-11-6-3-7-12-20/h2-7,9-12,21-24H,8,13-18,30H2,1H3,(H2,31,38)(H,35,39)(H,36,41)(H,37,40)(H4,32,33,34)/t21-,22-,23?,24-/m0/s1. The highest BCUT2D eigenvalue weighted by Gasteiger charge is 2.30. The Labute approximate surface area is 250 Å². The van der Waals surface area contributed by atoms with Gasteiger partial charge in [0.05, 0.1) is 6.04 Å². The van der Waals surface area contributed by atoms with Crippen LogP contribution in [0.2, 0.25) is 0 Å². The first-order chi connectivity index (χ1) is 20.1. The number of hydrogen-bond acceptors (Lipinski definition) is 7. The molecule has 4 amide bonds. The zero-order chi connectivity index (χ0) is 30.9. The maximum atomic E-state index is 13.4. The van der Waals surface area contributed by atoms with Gasteiger partial charge in [0, 0.05) is 13.0 Å². The molecule has 4 atom stereocenters. The molecule has 0 radical (unpaired) electrons. The summed E-state index contributed by atoms with van der Waals surface area (Å²) in [5.41, 5.74) is 24.2. The van der Waals surface area contributed by atoms with E-state index in [0.717, 1.165) is 11.1 Å². The highest BCUT2D eigenvalue weighted by molar-refractivity contribution is 7.98. The van der Waals surface area contributed by atoms with E-state index in [1.807, 2.05) is 66.9 Å². The minimum absolute atomic E-state index is 0.0941. The first-order valence-electron chi connectivity index (χ1n) is 13.7. The molecule has 0 aliphatic rings. The van der Waals surface area contributed by atoms with E-state index in [-0.39, 0.29) is 25.3 Å². The van der Waals surface area contributed by atoms with Gasteiger partial charge < -0.3 is 38.9 Å². The third kappa shape index (κ3) is 12.6. The second-order valence-corrected chi connectivity index (χ2v) is 10.8. The van der Waals surface area contributed by atoms with Crippen LogP contribution in [-0.2, 0) is 32.0 Å². The molecule has 0 spiro atoms. The molecule has 42 heavy (non-hydrogen) atoms. The largest absolute Gasteiger partial charge is 0.370 e. The number of benzene rings is 2. The van der Waals surface area contributed by atoms with Crippen LogP contribution in [0.3, 0.4) is 0 Å². The van der Waals surface area contributed by atoms with E-state index in [0.29, 0.717) is 25.0 Å². The van der Waals surface area contributed by atoms with Crippen molar-refractivity contribution in [3.05, 3.63) is 71.8 Å². The minimum atomic E-state index is -1.05. The number of thioether (sulfide) groups is 1. The number of amides is 4. The van der Waals surface area contributed by atoms with E-state index in [4.69, 9.17) is 22.9 Å². The fourth-order valence-electron chi connectivity index (χ4n) is 4.13. The highest BCUT2D eigenvalue weighted by Crippen LogP contribution is 2.08. The zero-order valence-electron chi connectivity index (χ0n) is 23.8. The van der Waals surface area contributed by atoms with E-state index in [2.05, 4.69) is 20.9 Å². The van der Waals surface area contributed by atoms with Gasteiger partial charge in [-0.15, -0.1) is 0 Å². The summed E-state index contributed by atoms with van der Waals surface area (Å²) >= 11 is 1.51. The molecule has 0 fully saturated rings. The minimum Gasteiger partial charge on any atom is -0.370 e. The van der Waals surface area contributed by atoms with Gasteiger partial charge in [0.15, 0.2) is 5.96 Å². The summed E-state index contributed by atoms with van der Waals surface area (Å²) < 4.78 is 0. The summed E-state index contributed by atoms with van der Waals surface area (Å²) in [6.07, 6.45) is 3.21. The number of hydrogen-bond donors (Lipinski definition) is 7. The Hall–Kier alpha value is -4.10. The second kappa shape index (κ2) is 18.4. The van der Waals surface area contributed by atoms with Crippen LogP contribution in [0.15, 0.2) is 65.7 Å². The van der Waals surface area contributed by atoms with Crippen molar-refractivity contribution in [1.82, 2.24) is 16.0 Å². The van der Waals surface area contributed by atoms with Crippen molar-refractivity contribution < 1.29 is 19.2 Å². The number of carbonyl (C=O) groups is 4. The van der Waals surface area contributed by atoms with Crippen LogP contribution in [0.5, 0.6) is 0 Å². The third-order valence-electron chi connectivity index (χ3n) is 6.40. The maximum Gasteiger partial charge on any atom is 0.243 e. The lowest BCUT2D eigenvalue weighted by atomic mass is 10.0. The molecule has 228 valence electrons. The van der Waals surface area contributed by atoms with Crippen LogP contribution in [0.4, 0.5) is 0 Å². The average Bonchev–Trinajstić information content (AvgIpc) is 2.96. The quantitative estimate of drug-likeness (QED) is 0.0674. The normalized spacial score (nSPS) is 13.6. The fourth-order valence-corrected chi connectivity index (χ4v) is 4.60. The van der Waals surface area contributed by atoms with E-state index in [1.54, 1.807) is 0 Å². The molecule has 2 aromatic carbocycles. The van der Waals surface area contributed by atoms with Crippen molar-refractivity contribution in [2.45, 2.75) is 56.3 Å². The Bertz CT molecular complexity index is 1180. The van der Waals surface area contributed by atoms with Gasteiger partial charge in [-0.05, 0) is 48.8 Å². The zero-order valence-corrected chi connectivity index (χ0v) is 24.6. The Kier molecular flexibility index (Phi) is 14.9. The van der Waals surface area contributed by atoms with Crippen LogP contribution in [0.1, 0.15) is 30.4 Å². The summed E-state index contributed by atoms with van der Waals surface area (Å²) in [6.45, 7) is 0.228. The molecule has 0 aliphatic heterocycles. The van der Waals surface area contributed by atoms with Crippen molar-refractivity contribution in [2.24, 2.45) is 27.9 Å². The van der Waals surface area contributed by atoms with E-state index >= 15 is 0 Å². The lowest BCUT2D eigenvalue weighted by Gasteiger charge is -2.25. The third-order valence-corrected chi connectivity index (χ3v) is 7.04. The average molecular weight is 599 g/mol. The van der Waals surface area contributed by atoms with Gasteiger partial charge in [0.2, 0.25) is 23.6 Å². The summed E-state index contributed by atoms with van der Waals surface area (Å²) in [4.78, 5) is 55.8. The van der Waals surface area contributed by atoms with E-state index < -0.39 is 47.8 Å². The van der Waals surface area contributed by atoms with Crippen LogP contribution in [0, 0.1) is 0 Å². The van der Waals surface area contributed by atoms with Crippen LogP contribution in [-0.4, -0.2) is 72.3 Å². The number of rotatable bonds is 18. The molecular weight excluding hydrogens is 556 g/mol. The Morgan fingerprint density at radius 3 is 1.76 bits per heavy atom. The first kappa shape index (κ1) is 34.1. The summed E-state index contributed by atoms with van der Waals surface area (Å²) in [6, 6.07) is 14.6. The van der Waals surface area contributed by atoms with Gasteiger partial charge in [-0.1, -0.05) is 60.7 Å². The molecule has 2 rings (SSSR count). The molecule has 12 nitrogen and oxygen atoms in total. The van der Waals surface area contributed by atoms with Crippen molar-refractivity contribution in [3.63, 3.8) is 0 Å². The lowest BCUT2D eigenvalue weighted by Crippen LogP contribution is -2.58. The van der Waals surface area contributed by atoms with Crippen LogP contribution < -0.4 is 38.9 Å². The van der Waals surface area contributed by atoms with Crippen LogP contribution >= 0.6 is 11.8 Å². The molecule has 0 aliphatic carbocycles. The molecule has 0 heterocycles. The topological polar surface area (TPSA) is 221 Å². The van der Waals surface area contributed by atoms with Gasteiger partial charge in [0.1, 0.15) is 18.1 Å². The smallest absolute Gasteiger partial charge is 0.243 e. The monoisotopic (exact) mass is 598 g/mol. The number of primary amides is 1. The number of nitrogens with two attached hydrogens (primary N) is 4. The Balaban J connectivity index is 2.15. The fraction of sp³-hybridized carbons (Fsp3) is 0.414. The lowest BCUT2D eigenvalue weighted by molar-refractivity contribution is -0.133. The van der Waals surface area contributed by atoms with Crippen molar-refractivity contribution in [1.29, 1.82) is 0 Å². The summed E-state index contributed by atoms with van der Waals surface area (Å²) in [7, 11) is 0. The predicted molar refractivity (Wildman–Crippen MR) is 166 cm³/mol. The van der Waals surface area contributed by atoms with Gasteiger partial charge in [0.25, 0.3) is 0 Å². The summed E-state index contributed by atoms with van der Waals surface area (Å²) in [5, 5.41) is 8.14. The van der Waals surface area contributed by atoms with E-state index in [9.17, 15) is 19.2 Å².